The number of nitroso groups, excluding NO2 is 1. The standard InChI is InChI=1S/C14H11FN2O/c15-13-9-11(5-8-14(13)17-18)2-1-10-3-6-12(16)7-4-10/h1-9H,16H2/b2-1+. The van der Waals surface area contributed by atoms with Gasteiger partial charge in [0.05, 0.1) is 0 Å². The Morgan fingerprint density at radius 3 is 2.22 bits per heavy atom. The Kier molecular flexibility index (Phi) is 3.48. The topological polar surface area (TPSA) is 55.4 Å². The summed E-state index contributed by atoms with van der Waals surface area (Å²) in [5.74, 6) is -0.621. The fraction of sp³-hybridized carbons (Fsp3) is 0. The Morgan fingerprint density at radius 2 is 1.61 bits per heavy atom. The Balaban J connectivity index is 2.21. The minimum absolute atomic E-state index is 0.181. The predicted molar refractivity (Wildman–Crippen MR) is 71.6 cm³/mol. The number of nitrogens with zero attached hydrogens (tertiary/aromatic N) is 1. The first-order valence-electron chi connectivity index (χ1n) is 5.35. The Morgan fingerprint density at radius 1 is 1.00 bits per heavy atom. The van der Waals surface area contributed by atoms with Crippen LogP contribution >= 0.6 is 0 Å². The molecule has 90 valence electrons. The maximum Gasteiger partial charge on any atom is 0.152 e. The molecule has 4 heteroatoms. The normalized spacial score (nSPS) is 10.7. The van der Waals surface area contributed by atoms with Crippen molar-refractivity contribution in [1.82, 2.24) is 0 Å². The number of halogens is 1. The maximum atomic E-state index is 13.3. The van der Waals surface area contributed by atoms with E-state index in [-0.39, 0.29) is 5.69 Å². The first-order valence-corrected chi connectivity index (χ1v) is 5.35. The van der Waals surface area contributed by atoms with Gasteiger partial charge in [0.2, 0.25) is 0 Å². The molecule has 0 aliphatic rings. The number of hydrogen-bond acceptors (Lipinski definition) is 3. The van der Waals surface area contributed by atoms with Crippen molar-refractivity contribution < 1.29 is 4.39 Å². The highest BCUT2D eigenvalue weighted by Gasteiger charge is 2.01. The second-order valence-electron chi connectivity index (χ2n) is 3.80. The lowest BCUT2D eigenvalue weighted by atomic mass is 10.1. The van der Waals surface area contributed by atoms with Crippen LogP contribution in [0.3, 0.4) is 0 Å². The summed E-state index contributed by atoms with van der Waals surface area (Å²) in [6.07, 6.45) is 3.59. The van der Waals surface area contributed by atoms with E-state index in [4.69, 9.17) is 5.73 Å². The maximum absolute atomic E-state index is 13.3. The van der Waals surface area contributed by atoms with E-state index in [0.717, 1.165) is 5.56 Å². The van der Waals surface area contributed by atoms with Gasteiger partial charge in [-0.15, -0.1) is 4.91 Å². The Labute approximate surface area is 104 Å². The van der Waals surface area contributed by atoms with Gasteiger partial charge in [-0.3, -0.25) is 0 Å². The molecule has 2 aromatic carbocycles. The van der Waals surface area contributed by atoms with Crippen LogP contribution in [0, 0.1) is 10.7 Å². The lowest BCUT2D eigenvalue weighted by Crippen LogP contribution is -1.82. The van der Waals surface area contributed by atoms with Crippen LogP contribution < -0.4 is 5.73 Å². The fourth-order valence-electron chi connectivity index (χ4n) is 1.50. The number of nitrogens with two attached hydrogens (primary N) is 1. The molecule has 2 N–H and O–H groups in total. The highest BCUT2D eigenvalue weighted by Crippen LogP contribution is 2.19. The van der Waals surface area contributed by atoms with E-state index in [1.54, 1.807) is 24.3 Å². The van der Waals surface area contributed by atoms with Crippen LogP contribution in [0.2, 0.25) is 0 Å². The third-order valence-electron chi connectivity index (χ3n) is 2.47. The predicted octanol–water partition coefficient (Wildman–Crippen LogP) is 3.98. The minimum atomic E-state index is -0.621. The van der Waals surface area contributed by atoms with Gasteiger partial charge in [0.25, 0.3) is 0 Å². The third kappa shape index (κ3) is 2.79. The summed E-state index contributed by atoms with van der Waals surface area (Å²) in [4.78, 5) is 10.2. The van der Waals surface area contributed by atoms with Crippen molar-refractivity contribution in [3.8, 4) is 0 Å². The highest BCUT2D eigenvalue weighted by molar-refractivity contribution is 5.70. The summed E-state index contributed by atoms with van der Waals surface area (Å²) in [5, 5.41) is 2.58. The zero-order valence-electron chi connectivity index (χ0n) is 9.51. The van der Waals surface area contributed by atoms with E-state index in [2.05, 4.69) is 5.18 Å². The summed E-state index contributed by atoms with van der Waals surface area (Å²) >= 11 is 0. The fourth-order valence-corrected chi connectivity index (χ4v) is 1.50. The van der Waals surface area contributed by atoms with E-state index in [9.17, 15) is 9.30 Å². The lowest BCUT2D eigenvalue weighted by Gasteiger charge is -1.97. The highest BCUT2D eigenvalue weighted by atomic mass is 19.1. The molecule has 2 aromatic rings. The molecule has 0 heterocycles. The lowest BCUT2D eigenvalue weighted by molar-refractivity contribution is 0.629. The van der Waals surface area contributed by atoms with Gasteiger partial charge < -0.3 is 5.73 Å². The zero-order chi connectivity index (χ0) is 13.0. The molecule has 0 aliphatic carbocycles. The van der Waals surface area contributed by atoms with Crippen molar-refractivity contribution in [1.29, 1.82) is 0 Å². The van der Waals surface area contributed by atoms with Crippen LogP contribution in [0.25, 0.3) is 12.2 Å². The molecule has 0 aliphatic heterocycles. The molecular formula is C14H11FN2O. The third-order valence-corrected chi connectivity index (χ3v) is 2.47. The van der Waals surface area contributed by atoms with Crippen molar-refractivity contribution in [3.05, 3.63) is 64.3 Å². The van der Waals surface area contributed by atoms with Gasteiger partial charge in [-0.1, -0.05) is 30.4 Å². The second-order valence-corrected chi connectivity index (χ2v) is 3.80. The average Bonchev–Trinajstić information content (AvgIpc) is 2.38. The Bertz CT molecular complexity index is 591. The number of benzene rings is 2. The molecule has 0 radical (unpaired) electrons. The molecule has 0 fully saturated rings. The van der Waals surface area contributed by atoms with Crippen molar-refractivity contribution in [2.75, 3.05) is 5.73 Å². The molecule has 0 unspecified atom stereocenters. The SMILES string of the molecule is Nc1ccc(/C=C/c2ccc(N=O)c(F)c2)cc1. The largest absolute Gasteiger partial charge is 0.399 e. The number of rotatable bonds is 3. The van der Waals surface area contributed by atoms with Crippen molar-refractivity contribution in [2.45, 2.75) is 0 Å². The van der Waals surface area contributed by atoms with Gasteiger partial charge in [-0.2, -0.15) is 0 Å². The van der Waals surface area contributed by atoms with Gasteiger partial charge in [0.1, 0.15) is 5.69 Å². The monoisotopic (exact) mass is 242 g/mol. The van der Waals surface area contributed by atoms with Crippen LogP contribution in [0.4, 0.5) is 15.8 Å². The van der Waals surface area contributed by atoms with Gasteiger partial charge in [0, 0.05) is 5.69 Å². The number of hydrogen-bond donors (Lipinski definition) is 1. The van der Waals surface area contributed by atoms with Crippen LogP contribution in [-0.4, -0.2) is 0 Å². The van der Waals surface area contributed by atoms with Crippen LogP contribution in [0.1, 0.15) is 11.1 Å². The van der Waals surface area contributed by atoms with Gasteiger partial charge in [-0.05, 0) is 40.6 Å². The van der Waals surface area contributed by atoms with E-state index in [1.165, 1.54) is 12.1 Å². The molecule has 0 aromatic heterocycles. The number of anilines is 1. The van der Waals surface area contributed by atoms with Crippen LogP contribution in [0.15, 0.2) is 47.6 Å². The Hall–Kier alpha value is -2.49. The summed E-state index contributed by atoms with van der Waals surface area (Å²) < 4.78 is 13.3. The van der Waals surface area contributed by atoms with Gasteiger partial charge in [-0.25, -0.2) is 4.39 Å². The quantitative estimate of drug-likeness (QED) is 0.503. The molecule has 2 rings (SSSR count). The zero-order valence-corrected chi connectivity index (χ0v) is 9.51. The molecule has 0 saturated heterocycles. The molecule has 18 heavy (non-hydrogen) atoms. The van der Waals surface area contributed by atoms with Crippen molar-refractivity contribution in [2.24, 2.45) is 5.18 Å². The van der Waals surface area contributed by atoms with E-state index in [0.29, 0.717) is 11.3 Å². The molecular weight excluding hydrogens is 231 g/mol. The summed E-state index contributed by atoms with van der Waals surface area (Å²) in [6, 6.07) is 11.6. The molecule has 0 amide bonds. The minimum Gasteiger partial charge on any atom is -0.399 e. The van der Waals surface area contributed by atoms with E-state index < -0.39 is 5.82 Å². The van der Waals surface area contributed by atoms with E-state index >= 15 is 0 Å². The molecule has 0 atom stereocenters. The summed E-state index contributed by atoms with van der Waals surface area (Å²) in [6.45, 7) is 0. The van der Waals surface area contributed by atoms with E-state index in [1.807, 2.05) is 18.2 Å². The summed E-state index contributed by atoms with van der Waals surface area (Å²) in [5.41, 5.74) is 7.71. The molecule has 0 bridgehead atoms. The summed E-state index contributed by atoms with van der Waals surface area (Å²) in [7, 11) is 0. The number of nitrogen functional groups attached to an aromatic ring is 1. The first kappa shape index (κ1) is 12.0. The average molecular weight is 242 g/mol. The van der Waals surface area contributed by atoms with Crippen molar-refractivity contribution in [3.63, 3.8) is 0 Å². The first-order chi connectivity index (χ1) is 8.69. The molecule has 3 nitrogen and oxygen atoms in total. The van der Waals surface area contributed by atoms with Crippen molar-refractivity contribution >= 4 is 23.5 Å². The van der Waals surface area contributed by atoms with Gasteiger partial charge >= 0.3 is 0 Å². The second kappa shape index (κ2) is 5.23. The molecule has 0 saturated carbocycles. The van der Waals surface area contributed by atoms with Gasteiger partial charge in [0.15, 0.2) is 5.82 Å². The van der Waals surface area contributed by atoms with Crippen LogP contribution in [-0.2, 0) is 0 Å². The molecule has 0 spiro atoms. The van der Waals surface area contributed by atoms with Crippen LogP contribution in [0.5, 0.6) is 0 Å². The smallest absolute Gasteiger partial charge is 0.152 e.